The molecule has 6 nitrogen and oxygen atoms in total. The molecule has 0 unspecified atom stereocenters. The van der Waals surface area contributed by atoms with Gasteiger partial charge in [-0.3, -0.25) is 4.79 Å². The van der Waals surface area contributed by atoms with Crippen molar-refractivity contribution in [1.29, 1.82) is 0 Å². The Morgan fingerprint density at radius 1 is 1.10 bits per heavy atom. The van der Waals surface area contributed by atoms with Gasteiger partial charge in [0, 0.05) is 22.6 Å². The molecule has 0 N–H and O–H groups in total. The van der Waals surface area contributed by atoms with Crippen LogP contribution in [0.25, 0.3) is 16.6 Å². The summed E-state index contributed by atoms with van der Waals surface area (Å²) in [6.45, 7) is 2.57. The van der Waals surface area contributed by atoms with Crippen molar-refractivity contribution < 1.29 is 4.79 Å². The highest BCUT2D eigenvalue weighted by Gasteiger charge is 2.28. The lowest BCUT2D eigenvalue weighted by molar-refractivity contribution is 0.0665. The summed E-state index contributed by atoms with van der Waals surface area (Å²) in [5, 5.41) is 13.5. The van der Waals surface area contributed by atoms with E-state index in [-0.39, 0.29) is 11.9 Å². The number of aryl methyl sites for hydroxylation is 1. The first-order valence-corrected chi connectivity index (χ1v) is 10.2. The number of carbonyl (C=O) groups is 1. The van der Waals surface area contributed by atoms with E-state index in [1.807, 2.05) is 41.3 Å². The Hall–Kier alpha value is -3.28. The molecule has 1 amide bonds. The molecule has 0 atom stereocenters. The van der Waals surface area contributed by atoms with Gasteiger partial charge in [0.15, 0.2) is 5.65 Å². The summed E-state index contributed by atoms with van der Waals surface area (Å²) in [5.41, 5.74) is 4.56. The highest BCUT2D eigenvalue weighted by molar-refractivity contribution is 5.94. The molecule has 0 bridgehead atoms. The molecule has 2 aromatic carbocycles. The Labute approximate surface area is 169 Å². The van der Waals surface area contributed by atoms with Crippen molar-refractivity contribution in [2.75, 3.05) is 0 Å². The van der Waals surface area contributed by atoms with Gasteiger partial charge in [-0.05, 0) is 54.0 Å². The maximum absolute atomic E-state index is 13.4. The van der Waals surface area contributed by atoms with Crippen LogP contribution < -0.4 is 0 Å². The van der Waals surface area contributed by atoms with E-state index in [0.29, 0.717) is 6.54 Å². The number of aromatic nitrogens is 4. The Bertz CT molecular complexity index is 1180. The zero-order valence-electron chi connectivity index (χ0n) is 16.5. The van der Waals surface area contributed by atoms with E-state index in [9.17, 15) is 4.79 Å². The molecule has 29 heavy (non-hydrogen) atoms. The van der Waals surface area contributed by atoms with E-state index in [4.69, 9.17) is 0 Å². The number of hydrogen-bond donors (Lipinski definition) is 0. The number of pyridine rings is 1. The van der Waals surface area contributed by atoms with Gasteiger partial charge < -0.3 is 4.90 Å². The van der Waals surface area contributed by atoms with Crippen molar-refractivity contribution in [3.63, 3.8) is 0 Å². The van der Waals surface area contributed by atoms with Crippen molar-refractivity contribution in [2.24, 2.45) is 0 Å². The SMILES string of the molecule is Cc1cccc2cc(CN(C(=O)c3ccccc3)C3CCCC3)c3nnnn3c12. The molecular weight excluding hydrogens is 362 g/mol. The van der Waals surface area contributed by atoms with E-state index in [0.717, 1.165) is 46.1 Å². The normalized spacial score (nSPS) is 14.7. The minimum absolute atomic E-state index is 0.0764. The van der Waals surface area contributed by atoms with Crippen molar-refractivity contribution >= 4 is 22.5 Å². The third-order valence-electron chi connectivity index (χ3n) is 5.95. The molecule has 1 saturated carbocycles. The molecule has 0 saturated heterocycles. The van der Waals surface area contributed by atoms with Crippen LogP contribution in [0, 0.1) is 6.92 Å². The Morgan fingerprint density at radius 2 is 1.90 bits per heavy atom. The summed E-state index contributed by atoms with van der Waals surface area (Å²) in [6.07, 6.45) is 4.43. The predicted molar refractivity (Wildman–Crippen MR) is 112 cm³/mol. The Balaban J connectivity index is 1.60. The minimum atomic E-state index is 0.0764. The molecule has 1 aliphatic carbocycles. The van der Waals surface area contributed by atoms with Crippen molar-refractivity contribution in [2.45, 2.75) is 45.2 Å². The zero-order valence-corrected chi connectivity index (χ0v) is 16.5. The molecule has 0 spiro atoms. The second-order valence-electron chi connectivity index (χ2n) is 7.83. The molecule has 4 aromatic rings. The summed E-state index contributed by atoms with van der Waals surface area (Å²) < 4.78 is 1.81. The van der Waals surface area contributed by atoms with Gasteiger partial charge in [0.2, 0.25) is 0 Å². The van der Waals surface area contributed by atoms with Gasteiger partial charge in [0.05, 0.1) is 12.1 Å². The van der Waals surface area contributed by atoms with Crippen LogP contribution in [0.15, 0.2) is 54.6 Å². The predicted octanol–water partition coefficient (Wildman–Crippen LogP) is 4.17. The number of rotatable bonds is 4. The lowest BCUT2D eigenvalue weighted by Crippen LogP contribution is -2.38. The van der Waals surface area contributed by atoms with Crippen LogP contribution in [0.5, 0.6) is 0 Å². The largest absolute Gasteiger partial charge is 0.331 e. The number of nitrogens with zero attached hydrogens (tertiary/aromatic N) is 5. The zero-order chi connectivity index (χ0) is 19.8. The van der Waals surface area contributed by atoms with E-state index in [2.05, 4.69) is 40.6 Å². The van der Waals surface area contributed by atoms with E-state index in [1.54, 1.807) is 4.52 Å². The van der Waals surface area contributed by atoms with Crippen LogP contribution in [0.4, 0.5) is 0 Å². The van der Waals surface area contributed by atoms with Crippen molar-refractivity contribution in [3.05, 3.63) is 71.3 Å². The van der Waals surface area contributed by atoms with Gasteiger partial charge in [0.1, 0.15) is 0 Å². The third-order valence-corrected chi connectivity index (χ3v) is 5.95. The molecule has 5 rings (SSSR count). The van der Waals surface area contributed by atoms with Crippen LogP contribution in [0.3, 0.4) is 0 Å². The standard InChI is InChI=1S/C23H23N5O/c1-16-8-7-11-18-14-19(22-24-25-26-28(22)21(16)18)15-27(20-12-5-6-13-20)23(29)17-9-3-2-4-10-17/h2-4,7-11,14,20H,5-6,12-13,15H2,1H3. The van der Waals surface area contributed by atoms with Crippen LogP contribution >= 0.6 is 0 Å². The van der Waals surface area contributed by atoms with Gasteiger partial charge in [0.25, 0.3) is 5.91 Å². The Kier molecular flexibility index (Phi) is 4.46. The van der Waals surface area contributed by atoms with Crippen LogP contribution in [0.1, 0.15) is 47.2 Å². The number of carbonyl (C=O) groups excluding carboxylic acids is 1. The molecule has 1 aliphatic rings. The number of fused-ring (bicyclic) bond motifs is 3. The number of tetrazole rings is 1. The first-order chi connectivity index (χ1) is 14.2. The van der Waals surface area contributed by atoms with Crippen molar-refractivity contribution in [1.82, 2.24) is 24.9 Å². The molecule has 1 fully saturated rings. The molecule has 2 heterocycles. The number of benzene rings is 2. The van der Waals surface area contributed by atoms with E-state index in [1.165, 1.54) is 12.8 Å². The molecule has 0 aliphatic heterocycles. The number of hydrogen-bond acceptors (Lipinski definition) is 4. The Morgan fingerprint density at radius 3 is 2.69 bits per heavy atom. The van der Waals surface area contributed by atoms with Crippen molar-refractivity contribution in [3.8, 4) is 0 Å². The van der Waals surface area contributed by atoms with Gasteiger partial charge in [-0.1, -0.05) is 49.2 Å². The second kappa shape index (κ2) is 7.28. The summed E-state index contributed by atoms with van der Waals surface area (Å²) in [6, 6.07) is 18.1. The number of amides is 1. The molecule has 146 valence electrons. The topological polar surface area (TPSA) is 63.4 Å². The molecular formula is C23H23N5O. The van der Waals surface area contributed by atoms with Gasteiger partial charge in [-0.25, -0.2) is 0 Å². The average Bonchev–Trinajstić information content (AvgIpc) is 3.44. The quantitative estimate of drug-likeness (QED) is 0.529. The first kappa shape index (κ1) is 17.8. The van der Waals surface area contributed by atoms with Crippen LogP contribution in [0.2, 0.25) is 0 Å². The van der Waals surface area contributed by atoms with E-state index < -0.39 is 0 Å². The fraction of sp³-hybridized carbons (Fsp3) is 0.304. The van der Waals surface area contributed by atoms with E-state index >= 15 is 0 Å². The summed E-state index contributed by atoms with van der Waals surface area (Å²) in [7, 11) is 0. The molecule has 2 aromatic heterocycles. The van der Waals surface area contributed by atoms with Gasteiger partial charge in [-0.15, -0.1) is 5.10 Å². The fourth-order valence-corrected chi connectivity index (χ4v) is 4.51. The smallest absolute Gasteiger partial charge is 0.254 e. The van der Waals surface area contributed by atoms with Gasteiger partial charge >= 0.3 is 0 Å². The minimum Gasteiger partial charge on any atom is -0.331 e. The monoisotopic (exact) mass is 385 g/mol. The molecule has 0 radical (unpaired) electrons. The summed E-state index contributed by atoms with van der Waals surface area (Å²) in [4.78, 5) is 15.4. The molecule has 6 heteroatoms. The lowest BCUT2D eigenvalue weighted by Gasteiger charge is -2.29. The highest BCUT2D eigenvalue weighted by atomic mass is 16.2. The average molecular weight is 385 g/mol. The first-order valence-electron chi connectivity index (χ1n) is 10.2. The lowest BCUT2D eigenvalue weighted by atomic mass is 10.1. The third kappa shape index (κ3) is 3.14. The van der Waals surface area contributed by atoms with Crippen LogP contribution in [-0.4, -0.2) is 36.9 Å². The number of para-hydroxylation sites is 1. The summed E-state index contributed by atoms with van der Waals surface area (Å²) >= 11 is 0. The van der Waals surface area contributed by atoms with Crippen LogP contribution in [-0.2, 0) is 6.54 Å². The summed E-state index contributed by atoms with van der Waals surface area (Å²) in [5.74, 6) is 0.0764. The fourth-order valence-electron chi connectivity index (χ4n) is 4.51. The second-order valence-corrected chi connectivity index (χ2v) is 7.83. The maximum atomic E-state index is 13.4. The van der Waals surface area contributed by atoms with Gasteiger partial charge in [-0.2, -0.15) is 4.52 Å². The highest BCUT2D eigenvalue weighted by Crippen LogP contribution is 2.29. The maximum Gasteiger partial charge on any atom is 0.254 e.